The molecule has 0 aromatic heterocycles. The Labute approximate surface area is 250 Å². The maximum Gasteiger partial charge on any atom is 0.220 e. The van der Waals surface area contributed by atoms with Gasteiger partial charge >= 0.3 is 0 Å². The first-order valence-electron chi connectivity index (χ1n) is 13.1. The highest BCUT2D eigenvalue weighted by Crippen LogP contribution is 2.13. The van der Waals surface area contributed by atoms with Crippen LogP contribution >= 0.6 is 0 Å². The Morgan fingerprint density at radius 3 is 0.857 bits per heavy atom. The number of terminal acetylenes is 6. The fourth-order valence-electron chi connectivity index (χ4n) is 3.59. The third-order valence-electron chi connectivity index (χ3n) is 5.25. The van der Waals surface area contributed by atoms with Gasteiger partial charge < -0.3 is 39.1 Å². The van der Waals surface area contributed by atoms with Crippen molar-refractivity contribution in [3.8, 4) is 74.1 Å². The third-order valence-corrected chi connectivity index (χ3v) is 5.25. The normalized spacial score (nSPS) is 10.6. The molecule has 0 fully saturated rings. The topological polar surface area (TPSA) is 114 Å². The first-order valence-corrected chi connectivity index (χ1v) is 13.1. The minimum absolute atomic E-state index is 0.00775. The number of carbonyl (C=O) groups is 2. The number of amides is 2. The lowest BCUT2D eigenvalue weighted by molar-refractivity contribution is -0.128. The Kier molecular flexibility index (Phi) is 22.5. The van der Waals surface area contributed by atoms with Crippen molar-refractivity contribution in [2.45, 2.75) is 36.8 Å². The number of carbonyl (C=O) groups excluding carboxylic acids is 2. The smallest absolute Gasteiger partial charge is 0.220 e. The van der Waals surface area contributed by atoms with Gasteiger partial charge in [0.25, 0.3) is 0 Å². The van der Waals surface area contributed by atoms with Crippen molar-refractivity contribution < 1.29 is 38.0 Å². The molecule has 0 spiro atoms. The average molecular weight is 581 g/mol. The number of rotatable bonds is 25. The lowest BCUT2D eigenvalue weighted by Crippen LogP contribution is -2.58. The third kappa shape index (κ3) is 18.4. The summed E-state index contributed by atoms with van der Waals surface area (Å²) < 4.78 is 32.9. The van der Waals surface area contributed by atoms with Crippen LogP contribution in [0.15, 0.2) is 0 Å². The number of hydrogen-bond donors (Lipinski definition) is 2. The number of nitrogens with one attached hydrogen (secondary N) is 2. The van der Waals surface area contributed by atoms with E-state index in [1.165, 1.54) is 0 Å². The quantitative estimate of drug-likeness (QED) is 0.116. The van der Waals surface area contributed by atoms with Crippen LogP contribution in [0.5, 0.6) is 0 Å². The zero-order chi connectivity index (χ0) is 31.4. The molecule has 226 valence electrons. The number of unbranched alkanes of at least 4 members (excludes halogenated alkanes) is 1. The van der Waals surface area contributed by atoms with E-state index >= 15 is 0 Å². The second-order valence-corrected chi connectivity index (χ2v) is 9.05. The molecule has 0 aromatic carbocycles. The fourth-order valence-corrected chi connectivity index (χ4v) is 3.59. The van der Waals surface area contributed by atoms with Gasteiger partial charge in [-0.05, 0) is 12.8 Å². The van der Waals surface area contributed by atoms with Gasteiger partial charge in [0.05, 0.1) is 39.6 Å². The molecule has 0 heterocycles. The highest BCUT2D eigenvalue weighted by Gasteiger charge is 2.35. The van der Waals surface area contributed by atoms with Crippen LogP contribution in [0.1, 0.15) is 25.7 Å². The molecule has 2 amide bonds. The zero-order valence-electron chi connectivity index (χ0n) is 24.0. The summed E-state index contributed by atoms with van der Waals surface area (Å²) in [5.41, 5.74) is -2.15. The lowest BCUT2D eigenvalue weighted by Gasteiger charge is -2.34. The first-order chi connectivity index (χ1) is 20.4. The van der Waals surface area contributed by atoms with Crippen molar-refractivity contribution in [3.05, 3.63) is 0 Å². The van der Waals surface area contributed by atoms with Gasteiger partial charge in [0.2, 0.25) is 11.8 Å². The molecule has 0 saturated carbocycles. The van der Waals surface area contributed by atoms with Crippen molar-refractivity contribution in [3.63, 3.8) is 0 Å². The maximum atomic E-state index is 12.9. The monoisotopic (exact) mass is 580 g/mol. The Balaban J connectivity index is 5.22. The molecule has 0 radical (unpaired) electrons. The molecule has 0 aliphatic rings. The van der Waals surface area contributed by atoms with Gasteiger partial charge in [-0.15, -0.1) is 38.5 Å². The average Bonchev–Trinajstić information content (AvgIpc) is 2.96. The molecular formula is C32H40N2O8. The minimum atomic E-state index is -1.08. The van der Waals surface area contributed by atoms with Crippen LogP contribution in [0.4, 0.5) is 0 Å². The molecular weight excluding hydrogens is 540 g/mol. The lowest BCUT2D eigenvalue weighted by atomic mass is 10.0. The molecule has 0 aromatic rings. The Bertz CT molecular complexity index is 861. The molecule has 0 saturated heterocycles. The van der Waals surface area contributed by atoms with Crippen molar-refractivity contribution in [2.75, 3.05) is 79.3 Å². The van der Waals surface area contributed by atoms with E-state index in [1.807, 2.05) is 0 Å². The number of ether oxygens (including phenoxy) is 6. The second-order valence-electron chi connectivity index (χ2n) is 9.05. The number of hydrogen-bond acceptors (Lipinski definition) is 8. The standard InChI is InChI=1S/C32H40N2O8/c1-7-17-37-23-31(24-38-18-8-2,25-39-19-9-3)33-29(35)15-13-14-16-30(36)34-32(26-40-20-10-4,27-41-21-11-5)28-42-22-12-6/h1-6H,13-28H2,(H,33,35)(H,34,36). The molecule has 0 atom stereocenters. The summed E-state index contributed by atoms with van der Waals surface area (Å²) in [4.78, 5) is 25.7. The predicted molar refractivity (Wildman–Crippen MR) is 158 cm³/mol. The van der Waals surface area contributed by atoms with E-state index in [0.29, 0.717) is 12.8 Å². The Hall–Kier alpha value is -3.94. The molecule has 0 bridgehead atoms. The largest absolute Gasteiger partial charge is 0.366 e. The summed E-state index contributed by atoms with van der Waals surface area (Å²) in [7, 11) is 0. The van der Waals surface area contributed by atoms with Crippen molar-refractivity contribution in [1.29, 1.82) is 0 Å². The summed E-state index contributed by atoms with van der Waals surface area (Å²) in [5, 5.41) is 5.80. The van der Waals surface area contributed by atoms with Gasteiger partial charge in [-0.3, -0.25) is 9.59 Å². The van der Waals surface area contributed by atoms with Crippen molar-refractivity contribution in [2.24, 2.45) is 0 Å². The molecule has 10 nitrogen and oxygen atoms in total. The van der Waals surface area contributed by atoms with Crippen LogP contribution in [0.3, 0.4) is 0 Å². The van der Waals surface area contributed by atoms with Crippen LogP contribution in [0, 0.1) is 74.1 Å². The Morgan fingerprint density at radius 2 is 0.667 bits per heavy atom. The van der Waals surface area contributed by atoms with E-state index in [4.69, 9.17) is 67.0 Å². The molecule has 0 unspecified atom stereocenters. The molecule has 0 aliphatic carbocycles. The predicted octanol–water partition coefficient (Wildman–Crippen LogP) is 0.156. The first kappa shape index (κ1) is 38.1. The van der Waals surface area contributed by atoms with Crippen LogP contribution < -0.4 is 10.6 Å². The van der Waals surface area contributed by atoms with Crippen LogP contribution in [0.2, 0.25) is 0 Å². The summed E-state index contributed by atoms with van der Waals surface area (Å²) >= 11 is 0. The van der Waals surface area contributed by atoms with Crippen molar-refractivity contribution in [1.82, 2.24) is 10.6 Å². The minimum Gasteiger partial charge on any atom is -0.366 e. The van der Waals surface area contributed by atoms with Gasteiger partial charge in [-0.1, -0.05) is 35.5 Å². The van der Waals surface area contributed by atoms with Gasteiger partial charge in [0.1, 0.15) is 50.7 Å². The van der Waals surface area contributed by atoms with E-state index in [-0.39, 0.29) is 104 Å². The van der Waals surface area contributed by atoms with E-state index in [1.54, 1.807) is 0 Å². The van der Waals surface area contributed by atoms with Crippen LogP contribution in [-0.4, -0.2) is 102 Å². The molecule has 42 heavy (non-hydrogen) atoms. The summed E-state index contributed by atoms with van der Waals surface area (Å²) in [6.07, 6.45) is 32.7. The van der Waals surface area contributed by atoms with Crippen LogP contribution in [0.25, 0.3) is 0 Å². The highest BCUT2D eigenvalue weighted by atomic mass is 16.5. The van der Waals surface area contributed by atoms with E-state index < -0.39 is 11.1 Å². The SMILES string of the molecule is C#CCOCC(COCC#C)(COCC#C)NC(=O)CCCCC(=O)NC(COCC#C)(COCC#C)COCC#C. The van der Waals surface area contributed by atoms with Gasteiger partial charge in [0, 0.05) is 12.8 Å². The van der Waals surface area contributed by atoms with Gasteiger partial charge in [-0.25, -0.2) is 0 Å². The second kappa shape index (κ2) is 24.8. The molecule has 0 aliphatic heterocycles. The molecule has 2 N–H and O–H groups in total. The van der Waals surface area contributed by atoms with E-state index in [0.717, 1.165) is 0 Å². The van der Waals surface area contributed by atoms with E-state index in [9.17, 15) is 9.59 Å². The van der Waals surface area contributed by atoms with Crippen LogP contribution in [-0.2, 0) is 38.0 Å². The zero-order valence-corrected chi connectivity index (χ0v) is 24.0. The summed E-state index contributed by atoms with van der Waals surface area (Å²) in [5.74, 6) is 13.6. The molecule has 0 rings (SSSR count). The Morgan fingerprint density at radius 1 is 0.452 bits per heavy atom. The summed E-state index contributed by atoms with van der Waals surface area (Å²) in [6.45, 7) is 0.176. The van der Waals surface area contributed by atoms with Gasteiger partial charge in [0.15, 0.2) is 0 Å². The highest BCUT2D eigenvalue weighted by molar-refractivity contribution is 5.78. The fraction of sp³-hybridized carbons (Fsp3) is 0.562. The summed E-state index contributed by atoms with van der Waals surface area (Å²) in [6, 6.07) is 0. The van der Waals surface area contributed by atoms with Gasteiger partial charge in [-0.2, -0.15) is 0 Å². The van der Waals surface area contributed by atoms with E-state index in [2.05, 4.69) is 46.2 Å². The molecule has 10 heteroatoms. The van der Waals surface area contributed by atoms with Crippen molar-refractivity contribution >= 4 is 11.8 Å². The maximum absolute atomic E-state index is 12.9.